The van der Waals surface area contributed by atoms with Gasteiger partial charge in [0.05, 0.1) is 23.8 Å². The standard InChI is InChI=1S/C17H23BrFN5O/c1-4-20-16(21-8-12-5-6-14(18)15(19)7-12)22-11-17(2,25)13-9-23-24(3)10-13/h5-7,9-10,25H,4,8,11H2,1-3H3,(H2,20,21,22). The Morgan fingerprint density at radius 1 is 1.44 bits per heavy atom. The molecule has 0 saturated carbocycles. The van der Waals surface area contributed by atoms with Gasteiger partial charge in [-0.1, -0.05) is 6.07 Å². The molecule has 136 valence electrons. The van der Waals surface area contributed by atoms with Crippen LogP contribution in [-0.4, -0.2) is 33.9 Å². The van der Waals surface area contributed by atoms with E-state index in [1.54, 1.807) is 37.1 Å². The Balaban J connectivity index is 2.03. The molecule has 2 rings (SSSR count). The summed E-state index contributed by atoms with van der Waals surface area (Å²) in [5.74, 6) is 0.236. The number of aliphatic hydroxyl groups is 1. The van der Waals surface area contributed by atoms with Crippen LogP contribution in [0.25, 0.3) is 0 Å². The molecule has 0 saturated heterocycles. The topological polar surface area (TPSA) is 74.5 Å². The summed E-state index contributed by atoms with van der Waals surface area (Å²) in [6, 6.07) is 4.92. The van der Waals surface area contributed by atoms with E-state index in [0.717, 1.165) is 5.56 Å². The first kappa shape index (κ1) is 19.4. The average molecular weight is 412 g/mol. The van der Waals surface area contributed by atoms with Crippen LogP contribution in [0.4, 0.5) is 4.39 Å². The minimum atomic E-state index is -1.09. The number of nitrogens with one attached hydrogen (secondary N) is 2. The largest absolute Gasteiger partial charge is 0.383 e. The van der Waals surface area contributed by atoms with Crippen LogP contribution in [-0.2, 0) is 19.2 Å². The molecule has 0 aliphatic carbocycles. The van der Waals surface area contributed by atoms with Crippen LogP contribution in [0, 0.1) is 5.82 Å². The summed E-state index contributed by atoms with van der Waals surface area (Å²) in [6.45, 7) is 4.93. The molecule has 0 radical (unpaired) electrons. The fourth-order valence-corrected chi connectivity index (χ4v) is 2.45. The number of hydrogen-bond donors (Lipinski definition) is 3. The first-order valence-corrected chi connectivity index (χ1v) is 8.78. The molecule has 2 aromatic rings. The minimum Gasteiger partial charge on any atom is -0.383 e. The summed E-state index contributed by atoms with van der Waals surface area (Å²) in [7, 11) is 1.80. The number of rotatable bonds is 6. The molecule has 0 aliphatic heterocycles. The van der Waals surface area contributed by atoms with Gasteiger partial charge in [0.2, 0.25) is 0 Å². The SMILES string of the molecule is CCNC(=NCc1ccc(Br)c(F)c1)NCC(C)(O)c1cnn(C)c1. The lowest BCUT2D eigenvalue weighted by Gasteiger charge is -2.23. The van der Waals surface area contributed by atoms with Gasteiger partial charge in [-0.15, -0.1) is 0 Å². The molecule has 25 heavy (non-hydrogen) atoms. The van der Waals surface area contributed by atoms with Crippen LogP contribution in [0.2, 0.25) is 0 Å². The van der Waals surface area contributed by atoms with Crippen molar-refractivity contribution in [1.82, 2.24) is 20.4 Å². The van der Waals surface area contributed by atoms with Crippen molar-refractivity contribution in [2.45, 2.75) is 26.0 Å². The zero-order valence-corrected chi connectivity index (χ0v) is 16.1. The van der Waals surface area contributed by atoms with Crippen LogP contribution in [0.3, 0.4) is 0 Å². The molecule has 0 fully saturated rings. The predicted octanol–water partition coefficient (Wildman–Crippen LogP) is 2.28. The molecule has 1 aromatic carbocycles. The molecule has 0 aliphatic rings. The number of hydrogen-bond acceptors (Lipinski definition) is 3. The Hall–Kier alpha value is -1.93. The minimum absolute atomic E-state index is 0.263. The van der Waals surface area contributed by atoms with Crippen LogP contribution < -0.4 is 10.6 Å². The lowest BCUT2D eigenvalue weighted by Crippen LogP contribution is -2.44. The fourth-order valence-electron chi connectivity index (χ4n) is 2.21. The normalized spacial score (nSPS) is 14.2. The van der Waals surface area contributed by atoms with E-state index in [1.165, 1.54) is 6.07 Å². The first-order valence-electron chi connectivity index (χ1n) is 7.99. The van der Waals surface area contributed by atoms with Crippen molar-refractivity contribution in [3.63, 3.8) is 0 Å². The van der Waals surface area contributed by atoms with Gasteiger partial charge in [0.25, 0.3) is 0 Å². The third-order valence-corrected chi connectivity index (χ3v) is 4.32. The van der Waals surface area contributed by atoms with Gasteiger partial charge in [0.15, 0.2) is 5.96 Å². The average Bonchev–Trinajstić information content (AvgIpc) is 3.01. The number of benzene rings is 1. The Bertz CT molecular complexity index is 744. The van der Waals surface area contributed by atoms with E-state index < -0.39 is 5.60 Å². The molecule has 1 unspecified atom stereocenters. The summed E-state index contributed by atoms with van der Waals surface area (Å²) in [5.41, 5.74) is 0.388. The third kappa shape index (κ3) is 5.54. The smallest absolute Gasteiger partial charge is 0.191 e. The Labute approximate surface area is 155 Å². The summed E-state index contributed by atoms with van der Waals surface area (Å²) >= 11 is 3.13. The van der Waals surface area contributed by atoms with E-state index in [4.69, 9.17) is 0 Å². The van der Waals surface area contributed by atoms with Crippen LogP contribution in [0.1, 0.15) is 25.0 Å². The van der Waals surface area contributed by atoms with Crippen molar-refractivity contribution < 1.29 is 9.50 Å². The zero-order valence-electron chi connectivity index (χ0n) is 14.6. The lowest BCUT2D eigenvalue weighted by atomic mass is 10.00. The van der Waals surface area contributed by atoms with Crippen LogP contribution >= 0.6 is 15.9 Å². The molecule has 3 N–H and O–H groups in total. The molecule has 0 amide bonds. The Morgan fingerprint density at radius 2 is 2.20 bits per heavy atom. The van der Waals surface area contributed by atoms with Crippen LogP contribution in [0.5, 0.6) is 0 Å². The van der Waals surface area contributed by atoms with E-state index >= 15 is 0 Å². The second-order valence-corrected chi connectivity index (χ2v) is 6.83. The number of halogens is 2. The predicted molar refractivity (Wildman–Crippen MR) is 99.7 cm³/mol. The maximum absolute atomic E-state index is 13.6. The molecular weight excluding hydrogens is 389 g/mol. The molecule has 0 bridgehead atoms. The Morgan fingerprint density at radius 3 is 2.80 bits per heavy atom. The summed E-state index contributed by atoms with van der Waals surface area (Å²) in [6.07, 6.45) is 3.41. The summed E-state index contributed by atoms with van der Waals surface area (Å²) in [4.78, 5) is 4.44. The highest BCUT2D eigenvalue weighted by Crippen LogP contribution is 2.19. The highest BCUT2D eigenvalue weighted by Gasteiger charge is 2.24. The second kappa shape index (κ2) is 8.44. The van der Waals surface area contributed by atoms with Crippen molar-refractivity contribution in [3.8, 4) is 0 Å². The van der Waals surface area contributed by atoms with Gasteiger partial charge in [0.1, 0.15) is 11.4 Å². The van der Waals surface area contributed by atoms with Crippen LogP contribution in [0.15, 0.2) is 40.1 Å². The Kier molecular flexibility index (Phi) is 6.55. The number of guanidine groups is 1. The van der Waals surface area contributed by atoms with Gasteiger partial charge in [-0.2, -0.15) is 5.10 Å². The lowest BCUT2D eigenvalue weighted by molar-refractivity contribution is 0.0616. The van der Waals surface area contributed by atoms with E-state index in [9.17, 15) is 9.50 Å². The van der Waals surface area contributed by atoms with Gasteiger partial charge >= 0.3 is 0 Å². The van der Waals surface area contributed by atoms with Gasteiger partial charge in [0, 0.05) is 25.4 Å². The van der Waals surface area contributed by atoms with Gasteiger partial charge in [-0.3, -0.25) is 4.68 Å². The number of aromatic nitrogens is 2. The summed E-state index contributed by atoms with van der Waals surface area (Å²) in [5, 5.41) is 20.9. The molecule has 1 heterocycles. The van der Waals surface area contributed by atoms with E-state index in [0.29, 0.717) is 29.1 Å². The molecule has 6 nitrogen and oxygen atoms in total. The van der Waals surface area contributed by atoms with Gasteiger partial charge < -0.3 is 15.7 Å². The first-order chi connectivity index (χ1) is 11.8. The maximum Gasteiger partial charge on any atom is 0.191 e. The van der Waals surface area contributed by atoms with Crippen molar-refractivity contribution in [1.29, 1.82) is 0 Å². The zero-order chi connectivity index (χ0) is 18.4. The van der Waals surface area contributed by atoms with E-state index in [1.807, 2.05) is 13.0 Å². The highest BCUT2D eigenvalue weighted by atomic mass is 79.9. The van der Waals surface area contributed by atoms with Crippen molar-refractivity contribution in [2.75, 3.05) is 13.1 Å². The van der Waals surface area contributed by atoms with E-state index in [2.05, 4.69) is 36.7 Å². The van der Waals surface area contributed by atoms with Gasteiger partial charge in [-0.05, 0) is 47.5 Å². The molecule has 1 aromatic heterocycles. The third-order valence-electron chi connectivity index (χ3n) is 3.67. The number of nitrogens with zero attached hydrogens (tertiary/aromatic N) is 3. The number of aryl methyl sites for hydroxylation is 1. The molecular formula is C17H23BrFN5O. The van der Waals surface area contributed by atoms with Crippen molar-refractivity contribution >= 4 is 21.9 Å². The molecule has 0 spiro atoms. The fraction of sp³-hybridized carbons (Fsp3) is 0.412. The quantitative estimate of drug-likeness (QED) is 0.503. The summed E-state index contributed by atoms with van der Waals surface area (Å²) < 4.78 is 15.7. The molecule has 8 heteroatoms. The molecule has 1 atom stereocenters. The van der Waals surface area contributed by atoms with Gasteiger partial charge in [-0.25, -0.2) is 9.38 Å². The van der Waals surface area contributed by atoms with Crippen molar-refractivity contribution in [3.05, 3.63) is 52.0 Å². The second-order valence-electron chi connectivity index (χ2n) is 5.97. The number of aliphatic imine (C=N–C) groups is 1. The van der Waals surface area contributed by atoms with E-state index in [-0.39, 0.29) is 12.4 Å². The highest BCUT2D eigenvalue weighted by molar-refractivity contribution is 9.10. The maximum atomic E-state index is 13.6. The van der Waals surface area contributed by atoms with Crippen molar-refractivity contribution in [2.24, 2.45) is 12.0 Å². The monoisotopic (exact) mass is 411 g/mol.